The van der Waals surface area contributed by atoms with E-state index in [0.29, 0.717) is 4.47 Å². The zero-order valence-electron chi connectivity index (χ0n) is 14.2. The summed E-state index contributed by atoms with van der Waals surface area (Å²) < 4.78 is 40.8. The molecule has 0 saturated heterocycles. The van der Waals surface area contributed by atoms with Gasteiger partial charge in [0.05, 0.1) is 16.1 Å². The molecule has 1 amide bonds. The van der Waals surface area contributed by atoms with Gasteiger partial charge in [-0.15, -0.1) is 0 Å². The van der Waals surface area contributed by atoms with E-state index in [9.17, 15) is 22.7 Å². The molecule has 0 aliphatic rings. The highest BCUT2D eigenvalue weighted by Crippen LogP contribution is 2.29. The van der Waals surface area contributed by atoms with Crippen molar-refractivity contribution >= 4 is 37.5 Å². The Balaban J connectivity index is 2.37. The third-order valence-electron chi connectivity index (χ3n) is 3.74. The van der Waals surface area contributed by atoms with Gasteiger partial charge in [-0.1, -0.05) is 29.8 Å². The maximum Gasteiger partial charge on any atom is 0.258 e. The van der Waals surface area contributed by atoms with E-state index >= 15 is 0 Å². The molecule has 0 unspecified atom stereocenters. The van der Waals surface area contributed by atoms with Gasteiger partial charge in [-0.05, 0) is 36.4 Å². The first kappa shape index (κ1) is 20.3. The van der Waals surface area contributed by atoms with Crippen molar-refractivity contribution in [3.8, 4) is 5.75 Å². The highest BCUT2D eigenvalue weighted by Gasteiger charge is 2.23. The van der Waals surface area contributed by atoms with Gasteiger partial charge in [0.15, 0.2) is 0 Å². The molecule has 0 aliphatic carbocycles. The van der Waals surface area contributed by atoms with Crippen LogP contribution in [0.5, 0.6) is 5.75 Å². The van der Waals surface area contributed by atoms with E-state index in [-0.39, 0.29) is 35.0 Å². The molecule has 0 atom stereocenters. The lowest BCUT2D eigenvalue weighted by Gasteiger charge is -2.19. The summed E-state index contributed by atoms with van der Waals surface area (Å²) in [6, 6.07) is 7.48. The van der Waals surface area contributed by atoms with E-state index in [1.807, 2.05) is 0 Å². The van der Waals surface area contributed by atoms with Crippen molar-refractivity contribution in [3.63, 3.8) is 0 Å². The fraction of sp³-hybridized carbons (Fsp3) is 0.235. The minimum atomic E-state index is -3.76. The van der Waals surface area contributed by atoms with E-state index in [1.165, 1.54) is 28.6 Å². The standard InChI is InChI=1S/C17H18BrFN2O4S/c1-3-21(4-2)26(24,25)12-6-8-16(22)15(10-12)20-17(23)13-7-5-11(18)9-14(13)19/h5-10,22H,3-4H2,1-2H3,(H,20,23). The first-order valence-electron chi connectivity index (χ1n) is 7.80. The van der Waals surface area contributed by atoms with Gasteiger partial charge in [0.25, 0.3) is 5.91 Å². The Kier molecular flexibility index (Phi) is 6.38. The Morgan fingerprint density at radius 1 is 1.19 bits per heavy atom. The number of nitrogens with one attached hydrogen (secondary N) is 1. The van der Waals surface area contributed by atoms with Crippen LogP contribution in [0, 0.1) is 5.82 Å². The van der Waals surface area contributed by atoms with Crippen LogP contribution in [0.15, 0.2) is 45.8 Å². The molecule has 0 bridgehead atoms. The molecule has 0 heterocycles. The second-order valence-electron chi connectivity index (χ2n) is 5.35. The molecular formula is C17H18BrFN2O4S. The average Bonchev–Trinajstić information content (AvgIpc) is 2.57. The quantitative estimate of drug-likeness (QED) is 0.666. The summed E-state index contributed by atoms with van der Waals surface area (Å²) in [5, 5.41) is 12.3. The summed E-state index contributed by atoms with van der Waals surface area (Å²) in [6.45, 7) is 3.98. The molecule has 0 fully saturated rings. The molecule has 26 heavy (non-hydrogen) atoms. The smallest absolute Gasteiger partial charge is 0.258 e. The molecule has 0 saturated carbocycles. The number of nitrogens with zero attached hydrogens (tertiary/aromatic N) is 1. The third kappa shape index (κ3) is 4.22. The summed E-state index contributed by atoms with van der Waals surface area (Å²) in [7, 11) is -3.76. The highest BCUT2D eigenvalue weighted by molar-refractivity contribution is 9.10. The summed E-state index contributed by atoms with van der Waals surface area (Å²) in [6.07, 6.45) is 0. The lowest BCUT2D eigenvalue weighted by Crippen LogP contribution is -2.30. The van der Waals surface area contributed by atoms with Gasteiger partial charge in [-0.2, -0.15) is 4.31 Å². The lowest BCUT2D eigenvalue weighted by atomic mass is 10.2. The van der Waals surface area contributed by atoms with Crippen LogP contribution in [0.1, 0.15) is 24.2 Å². The van der Waals surface area contributed by atoms with E-state index < -0.39 is 21.7 Å². The monoisotopic (exact) mass is 444 g/mol. The van der Waals surface area contributed by atoms with Crippen molar-refractivity contribution in [2.75, 3.05) is 18.4 Å². The number of phenols is 1. The molecule has 2 rings (SSSR count). The van der Waals surface area contributed by atoms with Crippen molar-refractivity contribution < 1.29 is 22.7 Å². The number of hydrogen-bond acceptors (Lipinski definition) is 4. The molecule has 2 N–H and O–H groups in total. The molecule has 6 nitrogen and oxygen atoms in total. The number of rotatable bonds is 6. The molecule has 9 heteroatoms. The normalized spacial score (nSPS) is 11.6. The van der Waals surface area contributed by atoms with Crippen LogP contribution in [0.2, 0.25) is 0 Å². The van der Waals surface area contributed by atoms with Crippen LogP contribution >= 0.6 is 15.9 Å². The van der Waals surface area contributed by atoms with Gasteiger partial charge in [-0.3, -0.25) is 4.79 Å². The van der Waals surface area contributed by atoms with Crippen LogP contribution in [-0.2, 0) is 10.0 Å². The number of aromatic hydroxyl groups is 1. The van der Waals surface area contributed by atoms with Gasteiger partial charge in [-0.25, -0.2) is 12.8 Å². The molecule has 2 aromatic rings. The fourth-order valence-corrected chi connectivity index (χ4v) is 4.17. The average molecular weight is 445 g/mol. The van der Waals surface area contributed by atoms with E-state index in [0.717, 1.165) is 12.1 Å². The molecule has 0 aliphatic heterocycles. The number of amides is 1. The highest BCUT2D eigenvalue weighted by atomic mass is 79.9. The molecule has 2 aromatic carbocycles. The van der Waals surface area contributed by atoms with E-state index in [4.69, 9.17) is 0 Å². The summed E-state index contributed by atoms with van der Waals surface area (Å²) in [5.41, 5.74) is -0.352. The number of hydrogen-bond donors (Lipinski definition) is 2. The van der Waals surface area contributed by atoms with Gasteiger partial charge in [0.2, 0.25) is 10.0 Å². The Morgan fingerprint density at radius 2 is 1.85 bits per heavy atom. The predicted molar refractivity (Wildman–Crippen MR) is 100 cm³/mol. The van der Waals surface area contributed by atoms with Crippen LogP contribution in [0.25, 0.3) is 0 Å². The summed E-state index contributed by atoms with van der Waals surface area (Å²) in [5.74, 6) is -1.87. The Hall–Kier alpha value is -1.97. The van der Waals surface area contributed by atoms with Gasteiger partial charge in [0, 0.05) is 17.6 Å². The predicted octanol–water partition coefficient (Wildman–Crippen LogP) is 3.58. The van der Waals surface area contributed by atoms with Crippen molar-refractivity contribution in [1.29, 1.82) is 0 Å². The van der Waals surface area contributed by atoms with Gasteiger partial charge >= 0.3 is 0 Å². The second-order valence-corrected chi connectivity index (χ2v) is 8.20. The lowest BCUT2D eigenvalue weighted by molar-refractivity contribution is 0.102. The number of phenolic OH excluding ortho intramolecular Hbond substituents is 1. The zero-order chi connectivity index (χ0) is 19.5. The number of carbonyl (C=O) groups excluding carboxylic acids is 1. The summed E-state index contributed by atoms with van der Waals surface area (Å²) in [4.78, 5) is 12.2. The minimum absolute atomic E-state index is 0.0782. The van der Waals surface area contributed by atoms with Gasteiger partial charge < -0.3 is 10.4 Å². The zero-order valence-corrected chi connectivity index (χ0v) is 16.6. The Bertz CT molecular complexity index is 930. The van der Waals surface area contributed by atoms with Crippen molar-refractivity contribution in [2.45, 2.75) is 18.7 Å². The van der Waals surface area contributed by atoms with E-state index in [2.05, 4.69) is 21.2 Å². The van der Waals surface area contributed by atoms with Gasteiger partial charge in [0.1, 0.15) is 11.6 Å². The van der Waals surface area contributed by atoms with Crippen LogP contribution in [-0.4, -0.2) is 36.8 Å². The Morgan fingerprint density at radius 3 is 2.42 bits per heavy atom. The van der Waals surface area contributed by atoms with Crippen LogP contribution < -0.4 is 5.32 Å². The molecule has 0 aromatic heterocycles. The maximum absolute atomic E-state index is 13.9. The number of sulfonamides is 1. The van der Waals surface area contributed by atoms with Crippen molar-refractivity contribution in [3.05, 3.63) is 52.3 Å². The first-order valence-corrected chi connectivity index (χ1v) is 10.0. The molecule has 0 radical (unpaired) electrons. The number of anilines is 1. The number of benzene rings is 2. The summed E-state index contributed by atoms with van der Waals surface area (Å²) >= 11 is 3.10. The third-order valence-corrected chi connectivity index (χ3v) is 6.27. The number of carbonyl (C=O) groups is 1. The topological polar surface area (TPSA) is 86.7 Å². The Labute approximate surface area is 159 Å². The van der Waals surface area contributed by atoms with Crippen molar-refractivity contribution in [1.82, 2.24) is 4.31 Å². The second kappa shape index (κ2) is 8.15. The van der Waals surface area contributed by atoms with Crippen LogP contribution in [0.4, 0.5) is 10.1 Å². The van der Waals surface area contributed by atoms with Crippen LogP contribution in [0.3, 0.4) is 0 Å². The fourth-order valence-electron chi connectivity index (χ4n) is 2.35. The number of halogens is 2. The molecule has 140 valence electrons. The first-order chi connectivity index (χ1) is 12.2. The largest absolute Gasteiger partial charge is 0.506 e. The van der Waals surface area contributed by atoms with E-state index in [1.54, 1.807) is 13.8 Å². The minimum Gasteiger partial charge on any atom is -0.506 e. The molecule has 0 spiro atoms. The molecular weight excluding hydrogens is 427 g/mol. The maximum atomic E-state index is 13.9. The van der Waals surface area contributed by atoms with Crippen molar-refractivity contribution in [2.24, 2.45) is 0 Å². The SMILES string of the molecule is CCN(CC)S(=O)(=O)c1ccc(O)c(NC(=O)c2ccc(Br)cc2F)c1.